The lowest BCUT2D eigenvalue weighted by atomic mass is 10.1. The van der Waals surface area contributed by atoms with E-state index in [1.807, 2.05) is 6.07 Å². The zero-order valence-electron chi connectivity index (χ0n) is 17.6. The molecule has 0 radical (unpaired) electrons. The van der Waals surface area contributed by atoms with Crippen LogP contribution in [0.25, 0.3) is 11.3 Å². The van der Waals surface area contributed by atoms with E-state index >= 15 is 0 Å². The second kappa shape index (κ2) is 9.23. The lowest BCUT2D eigenvalue weighted by molar-refractivity contribution is 0.102. The van der Waals surface area contributed by atoms with Gasteiger partial charge >= 0.3 is 0 Å². The summed E-state index contributed by atoms with van der Waals surface area (Å²) in [5.74, 6) is -0.364. The van der Waals surface area contributed by atoms with Gasteiger partial charge in [-0.1, -0.05) is 26.0 Å². The zero-order valence-corrected chi connectivity index (χ0v) is 18.4. The fourth-order valence-corrected chi connectivity index (χ4v) is 4.56. The Kier molecular flexibility index (Phi) is 6.67. The molecule has 0 aliphatic carbocycles. The molecule has 162 valence electrons. The van der Waals surface area contributed by atoms with Crippen molar-refractivity contribution in [3.8, 4) is 11.3 Å². The van der Waals surface area contributed by atoms with Crippen molar-refractivity contribution in [2.45, 2.75) is 18.7 Å². The van der Waals surface area contributed by atoms with Gasteiger partial charge in [0.05, 0.1) is 10.6 Å². The predicted octanol–water partition coefficient (Wildman–Crippen LogP) is 2.73. The Morgan fingerprint density at radius 3 is 2.32 bits per heavy atom. The monoisotopic (exact) mass is 440 g/mol. The molecule has 3 aromatic rings. The van der Waals surface area contributed by atoms with Crippen LogP contribution in [0.15, 0.2) is 70.4 Å². The normalized spacial score (nSPS) is 11.5. The van der Waals surface area contributed by atoms with E-state index in [0.717, 1.165) is 5.56 Å². The zero-order chi connectivity index (χ0) is 22.6. The molecule has 31 heavy (non-hydrogen) atoms. The third-order valence-electron chi connectivity index (χ3n) is 4.84. The molecule has 0 aliphatic heterocycles. The molecule has 8 nitrogen and oxygen atoms in total. The number of sulfonamides is 1. The van der Waals surface area contributed by atoms with Crippen LogP contribution in [-0.4, -0.2) is 41.5 Å². The molecular formula is C22H24N4O4S. The highest BCUT2D eigenvalue weighted by atomic mass is 32.2. The van der Waals surface area contributed by atoms with Gasteiger partial charge in [-0.25, -0.2) is 13.1 Å². The van der Waals surface area contributed by atoms with Crippen LogP contribution in [0.4, 0.5) is 5.69 Å². The highest BCUT2D eigenvalue weighted by Gasteiger charge is 2.21. The Bertz CT molecular complexity index is 1250. The quantitative estimate of drug-likeness (QED) is 0.609. The van der Waals surface area contributed by atoms with Crippen molar-refractivity contribution in [3.05, 3.63) is 76.6 Å². The summed E-state index contributed by atoms with van der Waals surface area (Å²) in [5, 5.41) is 7.02. The first kappa shape index (κ1) is 22.4. The molecule has 0 aliphatic rings. The number of carbonyl (C=O) groups is 1. The predicted molar refractivity (Wildman–Crippen MR) is 119 cm³/mol. The van der Waals surface area contributed by atoms with Gasteiger partial charge in [-0.15, -0.1) is 0 Å². The minimum Gasteiger partial charge on any atom is -0.322 e. The maximum atomic E-state index is 12.6. The first-order valence-corrected chi connectivity index (χ1v) is 11.3. The van der Waals surface area contributed by atoms with Gasteiger partial charge in [-0.05, 0) is 42.5 Å². The Balaban J connectivity index is 1.79. The van der Waals surface area contributed by atoms with Crippen molar-refractivity contribution in [2.24, 2.45) is 7.05 Å². The summed E-state index contributed by atoms with van der Waals surface area (Å²) in [6, 6.07) is 16.0. The van der Waals surface area contributed by atoms with Crippen LogP contribution in [0.3, 0.4) is 0 Å². The van der Waals surface area contributed by atoms with E-state index in [1.54, 1.807) is 45.2 Å². The largest absolute Gasteiger partial charge is 0.322 e. The number of nitrogens with one attached hydrogen (secondary N) is 1. The number of hydrogen-bond donors (Lipinski definition) is 1. The number of aryl methyl sites for hydroxylation is 1. The molecule has 0 atom stereocenters. The average Bonchev–Trinajstić information content (AvgIpc) is 2.76. The van der Waals surface area contributed by atoms with Crippen molar-refractivity contribution < 1.29 is 13.2 Å². The molecule has 2 aromatic carbocycles. The van der Waals surface area contributed by atoms with Crippen LogP contribution >= 0.6 is 0 Å². The minimum atomic E-state index is -3.57. The number of nitrogens with zero attached hydrogens (tertiary/aromatic N) is 3. The van der Waals surface area contributed by atoms with Gasteiger partial charge in [-0.3, -0.25) is 9.59 Å². The molecule has 0 unspecified atom stereocenters. The van der Waals surface area contributed by atoms with Crippen LogP contribution in [-0.2, 0) is 17.1 Å². The number of aromatic nitrogens is 2. The third-order valence-corrected chi connectivity index (χ3v) is 6.90. The van der Waals surface area contributed by atoms with Crippen molar-refractivity contribution in [3.63, 3.8) is 0 Å². The molecule has 1 amide bonds. The lowest BCUT2D eigenvalue weighted by Gasteiger charge is -2.18. The summed E-state index contributed by atoms with van der Waals surface area (Å²) in [7, 11) is -2.00. The fourth-order valence-electron chi connectivity index (χ4n) is 3.11. The van der Waals surface area contributed by atoms with E-state index in [4.69, 9.17) is 0 Å². The number of anilines is 1. The highest BCUT2D eigenvalue weighted by Crippen LogP contribution is 2.21. The van der Waals surface area contributed by atoms with Gasteiger partial charge in [0.25, 0.3) is 11.5 Å². The van der Waals surface area contributed by atoms with Crippen LogP contribution < -0.4 is 10.9 Å². The Hall–Kier alpha value is -3.30. The summed E-state index contributed by atoms with van der Waals surface area (Å²) in [4.78, 5) is 24.3. The third kappa shape index (κ3) is 4.89. The van der Waals surface area contributed by atoms with Crippen molar-refractivity contribution in [2.75, 3.05) is 18.4 Å². The first-order valence-electron chi connectivity index (χ1n) is 9.82. The molecule has 0 bridgehead atoms. The summed E-state index contributed by atoms with van der Waals surface area (Å²) in [6.07, 6.45) is 0. The number of hydrogen-bond acceptors (Lipinski definition) is 5. The molecule has 1 N–H and O–H groups in total. The van der Waals surface area contributed by atoms with E-state index in [-0.39, 0.29) is 16.4 Å². The molecule has 1 aromatic heterocycles. The standard InChI is InChI=1S/C22H24N4O4S/c1-4-26(5-2)31(29,30)19-11-9-16(10-12-19)22(28)23-18-8-6-7-17(15-18)20-13-14-21(27)25(3)24-20/h6-15H,4-5H2,1-3H3,(H,23,28). The molecule has 9 heteroatoms. The second-order valence-electron chi connectivity index (χ2n) is 6.83. The maximum Gasteiger partial charge on any atom is 0.266 e. The molecular weight excluding hydrogens is 416 g/mol. The van der Waals surface area contributed by atoms with Crippen molar-refractivity contribution in [1.29, 1.82) is 0 Å². The maximum absolute atomic E-state index is 12.6. The lowest BCUT2D eigenvalue weighted by Crippen LogP contribution is -2.30. The van der Waals surface area contributed by atoms with Gasteiger partial charge in [0, 0.05) is 43.0 Å². The van der Waals surface area contributed by atoms with E-state index in [9.17, 15) is 18.0 Å². The van der Waals surface area contributed by atoms with E-state index in [1.165, 1.54) is 39.3 Å². The first-order chi connectivity index (χ1) is 14.8. The highest BCUT2D eigenvalue weighted by molar-refractivity contribution is 7.89. The van der Waals surface area contributed by atoms with Crippen molar-refractivity contribution in [1.82, 2.24) is 14.1 Å². The number of carbonyl (C=O) groups excluding carboxylic acids is 1. The molecule has 0 spiro atoms. The molecule has 0 saturated carbocycles. The second-order valence-corrected chi connectivity index (χ2v) is 8.77. The Labute approximate surface area is 181 Å². The van der Waals surface area contributed by atoms with Crippen LogP contribution in [0.5, 0.6) is 0 Å². The van der Waals surface area contributed by atoms with E-state index in [0.29, 0.717) is 30.0 Å². The van der Waals surface area contributed by atoms with Crippen LogP contribution in [0.1, 0.15) is 24.2 Å². The van der Waals surface area contributed by atoms with Gasteiger partial charge in [0.2, 0.25) is 10.0 Å². The smallest absolute Gasteiger partial charge is 0.266 e. The molecule has 0 saturated heterocycles. The number of benzene rings is 2. The summed E-state index contributed by atoms with van der Waals surface area (Å²) < 4.78 is 27.8. The summed E-state index contributed by atoms with van der Waals surface area (Å²) in [6.45, 7) is 4.31. The van der Waals surface area contributed by atoms with Gasteiger partial charge in [0.1, 0.15) is 0 Å². The van der Waals surface area contributed by atoms with E-state index < -0.39 is 10.0 Å². The average molecular weight is 441 g/mol. The topological polar surface area (TPSA) is 101 Å². The molecule has 1 heterocycles. The summed E-state index contributed by atoms with van der Waals surface area (Å²) in [5.41, 5.74) is 2.03. The number of amides is 1. The van der Waals surface area contributed by atoms with Crippen LogP contribution in [0.2, 0.25) is 0 Å². The van der Waals surface area contributed by atoms with Crippen molar-refractivity contribution >= 4 is 21.6 Å². The summed E-state index contributed by atoms with van der Waals surface area (Å²) >= 11 is 0. The molecule has 3 rings (SSSR count). The SMILES string of the molecule is CCN(CC)S(=O)(=O)c1ccc(C(=O)Nc2cccc(-c3ccc(=O)n(C)n3)c2)cc1. The van der Waals surface area contributed by atoms with Gasteiger partial charge < -0.3 is 5.32 Å². The fraction of sp³-hybridized carbons (Fsp3) is 0.227. The van der Waals surface area contributed by atoms with Gasteiger partial charge in [0.15, 0.2) is 0 Å². The Morgan fingerprint density at radius 2 is 1.71 bits per heavy atom. The number of rotatable bonds is 7. The Morgan fingerprint density at radius 1 is 1.03 bits per heavy atom. The van der Waals surface area contributed by atoms with E-state index in [2.05, 4.69) is 10.4 Å². The minimum absolute atomic E-state index is 0.149. The molecule has 0 fully saturated rings. The van der Waals surface area contributed by atoms with Gasteiger partial charge in [-0.2, -0.15) is 9.40 Å². The van der Waals surface area contributed by atoms with Crippen LogP contribution in [0, 0.1) is 0 Å².